The number of hydroxylamine groups is 1. The summed E-state index contributed by atoms with van der Waals surface area (Å²) < 4.78 is 5.63. The molecule has 0 bridgehead atoms. The van der Waals surface area contributed by atoms with Crippen LogP contribution in [0.15, 0.2) is 67.4 Å². The quantitative estimate of drug-likeness (QED) is 0.0678. The number of allylic oxidation sites excluding steroid dienone is 1. The van der Waals surface area contributed by atoms with Crippen molar-refractivity contribution in [1.82, 2.24) is 15.4 Å². The molecule has 1 aromatic heterocycles. The Bertz CT molecular complexity index is 1160. The normalized spacial score (nSPS) is 9.91. The van der Waals surface area contributed by atoms with Crippen LogP contribution in [-0.4, -0.2) is 33.5 Å². The van der Waals surface area contributed by atoms with Gasteiger partial charge in [0.05, 0.1) is 18.0 Å². The number of carbonyl (C=O) groups is 2. The number of hydrogen-bond donors (Lipinski definition) is 5. The van der Waals surface area contributed by atoms with Crippen LogP contribution in [0.3, 0.4) is 0 Å². The van der Waals surface area contributed by atoms with E-state index in [0.29, 0.717) is 53.2 Å². The van der Waals surface area contributed by atoms with Crippen LogP contribution < -0.4 is 26.6 Å². The van der Waals surface area contributed by atoms with Crippen LogP contribution in [0, 0.1) is 0 Å². The number of benzene rings is 2. The largest absolute Gasteiger partial charge is 0.494 e. The minimum atomic E-state index is -0.458. The van der Waals surface area contributed by atoms with Gasteiger partial charge in [-0.1, -0.05) is 18.7 Å². The number of para-hydroxylation sites is 1. The maximum atomic E-state index is 12.0. The Labute approximate surface area is 202 Å². The molecule has 0 aliphatic heterocycles. The lowest BCUT2D eigenvalue weighted by atomic mass is 10.1. The van der Waals surface area contributed by atoms with Crippen LogP contribution in [0.1, 0.15) is 23.2 Å². The van der Waals surface area contributed by atoms with E-state index in [1.165, 1.54) is 6.08 Å². The number of amides is 1. The molecule has 0 aliphatic carbocycles. The van der Waals surface area contributed by atoms with Crippen molar-refractivity contribution < 1.29 is 19.5 Å². The lowest BCUT2D eigenvalue weighted by Gasteiger charge is -2.12. The van der Waals surface area contributed by atoms with E-state index in [9.17, 15) is 9.59 Å². The maximum absolute atomic E-state index is 12.0. The highest BCUT2D eigenvalue weighted by atomic mass is 35.5. The molecular formula is C23H25ClN6O4. The second-order valence-electron chi connectivity index (χ2n) is 6.87. The number of anilines is 5. The number of nitrogens with one attached hydrogen (secondary N) is 3. The van der Waals surface area contributed by atoms with Crippen molar-refractivity contribution >= 4 is 52.9 Å². The third kappa shape index (κ3) is 7.19. The Balaban J connectivity index is 0.00000408. The number of carbonyl (C=O) groups excluding carboxylic acids is 2. The van der Waals surface area contributed by atoms with E-state index in [2.05, 4.69) is 27.2 Å². The predicted molar refractivity (Wildman–Crippen MR) is 132 cm³/mol. The third-order valence-corrected chi connectivity index (χ3v) is 4.51. The minimum absolute atomic E-state index is 0. The number of halogens is 1. The molecular weight excluding hydrogens is 460 g/mol. The minimum Gasteiger partial charge on any atom is -0.494 e. The molecule has 0 saturated carbocycles. The van der Waals surface area contributed by atoms with Gasteiger partial charge in [-0.3, -0.25) is 14.8 Å². The Morgan fingerprint density at radius 3 is 2.71 bits per heavy atom. The Kier molecular flexibility index (Phi) is 9.81. The fourth-order valence-electron chi connectivity index (χ4n) is 2.90. The summed E-state index contributed by atoms with van der Waals surface area (Å²) in [6, 6.07) is 14.0. The monoisotopic (exact) mass is 484 g/mol. The summed E-state index contributed by atoms with van der Waals surface area (Å²) in [6.45, 7) is 3.81. The van der Waals surface area contributed by atoms with E-state index in [1.54, 1.807) is 48.1 Å². The van der Waals surface area contributed by atoms with Crippen LogP contribution in [0.2, 0.25) is 0 Å². The van der Waals surface area contributed by atoms with Gasteiger partial charge in [-0.25, -0.2) is 10.5 Å². The van der Waals surface area contributed by atoms with Crippen LogP contribution in [0.4, 0.5) is 28.8 Å². The lowest BCUT2D eigenvalue weighted by Crippen LogP contribution is -2.18. The highest BCUT2D eigenvalue weighted by Crippen LogP contribution is 2.27. The zero-order valence-electron chi connectivity index (χ0n) is 18.2. The molecule has 0 aliphatic rings. The summed E-state index contributed by atoms with van der Waals surface area (Å²) in [6.07, 6.45) is 3.42. The molecule has 0 spiro atoms. The molecule has 0 radical (unpaired) electrons. The molecule has 0 atom stereocenters. The number of ketones is 1. The van der Waals surface area contributed by atoms with Gasteiger partial charge in [-0.15, -0.1) is 12.4 Å². The van der Waals surface area contributed by atoms with Crippen molar-refractivity contribution in [1.29, 1.82) is 0 Å². The molecule has 10 nitrogen and oxygen atoms in total. The zero-order valence-corrected chi connectivity index (χ0v) is 19.0. The first-order valence-corrected chi connectivity index (χ1v) is 10.1. The highest BCUT2D eigenvalue weighted by Gasteiger charge is 2.11. The molecule has 1 amide bonds. The summed E-state index contributed by atoms with van der Waals surface area (Å²) in [5, 5.41) is 14.7. The average molecular weight is 485 g/mol. The van der Waals surface area contributed by atoms with Crippen molar-refractivity contribution in [3.05, 3.63) is 72.9 Å². The summed E-state index contributed by atoms with van der Waals surface area (Å²) in [5.41, 5.74) is 9.61. The number of rotatable bonds is 11. The van der Waals surface area contributed by atoms with Gasteiger partial charge in [0.15, 0.2) is 5.78 Å². The van der Waals surface area contributed by atoms with Crippen LogP contribution in [0.25, 0.3) is 0 Å². The lowest BCUT2D eigenvalue weighted by molar-refractivity contribution is -0.129. The number of nitrogen functional groups attached to an aromatic ring is 1. The first kappa shape index (κ1) is 26.1. The molecule has 3 rings (SSSR count). The van der Waals surface area contributed by atoms with E-state index in [4.69, 9.17) is 15.7 Å². The molecule has 0 fully saturated rings. The Hall–Kier alpha value is -4.15. The van der Waals surface area contributed by atoms with E-state index in [1.807, 2.05) is 12.1 Å². The van der Waals surface area contributed by atoms with Gasteiger partial charge in [0, 0.05) is 29.9 Å². The fourth-order valence-corrected chi connectivity index (χ4v) is 2.90. The molecule has 11 heteroatoms. The molecule has 1 heterocycles. The average Bonchev–Trinajstić information content (AvgIpc) is 2.83. The first-order valence-electron chi connectivity index (χ1n) is 10.1. The van der Waals surface area contributed by atoms with Gasteiger partial charge >= 0.3 is 0 Å². The SMILES string of the molecule is C=CC(=O)c1cccc(Nc2ccnc(Nc3cccc(OCCCC(=O)NO)c3)n2)c1N.Cl. The molecule has 6 N–H and O–H groups in total. The van der Waals surface area contributed by atoms with E-state index < -0.39 is 5.91 Å². The number of ether oxygens (including phenoxy) is 1. The standard InChI is InChI=1S/C23H24N6O4.ClH/c1-2-19(30)17-8-4-9-18(22(17)24)27-20-11-12-25-23(28-20)26-15-6-3-7-16(14-15)33-13-5-10-21(31)29-32;/h2-4,6-9,11-12,14,32H,1,5,10,13,24H2,(H,29,31)(H2,25,26,27,28);1H. The molecule has 34 heavy (non-hydrogen) atoms. The maximum Gasteiger partial charge on any atom is 0.243 e. The van der Waals surface area contributed by atoms with Crippen molar-refractivity contribution in [2.75, 3.05) is 23.0 Å². The molecule has 2 aromatic carbocycles. The zero-order chi connectivity index (χ0) is 23.6. The molecule has 0 saturated heterocycles. The smallest absolute Gasteiger partial charge is 0.243 e. The predicted octanol–water partition coefficient (Wildman–Crippen LogP) is 4.00. The van der Waals surface area contributed by atoms with Crippen LogP contribution >= 0.6 is 12.4 Å². The van der Waals surface area contributed by atoms with Gasteiger partial charge < -0.3 is 21.1 Å². The van der Waals surface area contributed by atoms with Crippen molar-refractivity contribution in [2.45, 2.75) is 12.8 Å². The van der Waals surface area contributed by atoms with Gasteiger partial charge in [-0.05, 0) is 42.8 Å². The third-order valence-electron chi connectivity index (χ3n) is 4.51. The van der Waals surface area contributed by atoms with Gasteiger partial charge in [0.1, 0.15) is 11.6 Å². The summed E-state index contributed by atoms with van der Waals surface area (Å²) in [7, 11) is 0. The number of nitrogens with two attached hydrogens (primary N) is 1. The number of hydrogen-bond acceptors (Lipinski definition) is 9. The van der Waals surface area contributed by atoms with E-state index in [-0.39, 0.29) is 24.6 Å². The summed E-state index contributed by atoms with van der Waals surface area (Å²) >= 11 is 0. The van der Waals surface area contributed by atoms with Gasteiger partial charge in [0.2, 0.25) is 11.9 Å². The van der Waals surface area contributed by atoms with Gasteiger partial charge in [0.25, 0.3) is 0 Å². The van der Waals surface area contributed by atoms with Crippen molar-refractivity contribution in [3.8, 4) is 5.75 Å². The highest BCUT2D eigenvalue weighted by molar-refractivity contribution is 6.09. The summed E-state index contributed by atoms with van der Waals surface area (Å²) in [5.74, 6) is 0.709. The van der Waals surface area contributed by atoms with Crippen molar-refractivity contribution in [2.24, 2.45) is 0 Å². The molecule has 0 unspecified atom stereocenters. The second-order valence-corrected chi connectivity index (χ2v) is 6.87. The Morgan fingerprint density at radius 2 is 1.94 bits per heavy atom. The van der Waals surface area contributed by atoms with E-state index in [0.717, 1.165) is 0 Å². The molecule has 178 valence electrons. The fraction of sp³-hybridized carbons (Fsp3) is 0.130. The van der Waals surface area contributed by atoms with Gasteiger partial charge in [-0.2, -0.15) is 4.98 Å². The second kappa shape index (κ2) is 12.8. The van der Waals surface area contributed by atoms with Crippen LogP contribution in [0.5, 0.6) is 5.75 Å². The Morgan fingerprint density at radius 1 is 1.15 bits per heavy atom. The van der Waals surface area contributed by atoms with Crippen molar-refractivity contribution in [3.63, 3.8) is 0 Å². The number of aromatic nitrogens is 2. The topological polar surface area (TPSA) is 151 Å². The van der Waals surface area contributed by atoms with Crippen LogP contribution in [-0.2, 0) is 4.79 Å². The summed E-state index contributed by atoms with van der Waals surface area (Å²) in [4.78, 5) is 31.6. The first-order chi connectivity index (χ1) is 16.0. The molecule has 3 aromatic rings. The number of nitrogens with zero attached hydrogens (tertiary/aromatic N) is 2. The van der Waals surface area contributed by atoms with E-state index >= 15 is 0 Å².